The van der Waals surface area contributed by atoms with Gasteiger partial charge in [0.25, 0.3) is 0 Å². The molecule has 0 aliphatic heterocycles. The van der Waals surface area contributed by atoms with Crippen LogP contribution >= 0.6 is 0 Å². The second-order valence-electron chi connectivity index (χ2n) is 8.79. The van der Waals surface area contributed by atoms with Crippen LogP contribution < -0.4 is 11.1 Å². The summed E-state index contributed by atoms with van der Waals surface area (Å²) in [7, 11) is 3.25. The van der Waals surface area contributed by atoms with E-state index >= 15 is 0 Å². The second kappa shape index (κ2) is 27.5. The number of ether oxygens (including phenoxy) is 1. The lowest BCUT2D eigenvalue weighted by atomic mass is 9.92. The predicted octanol–water partition coefficient (Wildman–Crippen LogP) is 9.69. The molecule has 0 aliphatic rings. The average Bonchev–Trinajstić information content (AvgIpc) is 2.86. The summed E-state index contributed by atoms with van der Waals surface area (Å²) in [6.07, 6.45) is 9.89. The number of nitrogens with one attached hydrogen (secondary N) is 1. The number of unbranched alkanes of at least 4 members (excludes halogenated alkanes) is 1. The Hall–Kier alpha value is -2.10. The van der Waals surface area contributed by atoms with E-state index in [4.69, 9.17) is 5.73 Å². The minimum atomic E-state index is 0.525. The molecule has 0 aliphatic carbocycles. The molecule has 0 aromatic heterocycles. The Morgan fingerprint density at radius 1 is 0.917 bits per heavy atom. The molecule has 2 aromatic rings. The fraction of sp³-hybridized carbons (Fsp3) is 0.576. The van der Waals surface area contributed by atoms with Crippen LogP contribution in [0.5, 0.6) is 0 Å². The molecule has 3 nitrogen and oxygen atoms in total. The van der Waals surface area contributed by atoms with E-state index in [1.807, 2.05) is 19.9 Å². The lowest BCUT2D eigenvalue weighted by Gasteiger charge is -2.18. The van der Waals surface area contributed by atoms with E-state index < -0.39 is 0 Å². The van der Waals surface area contributed by atoms with Crippen LogP contribution in [0.4, 0.5) is 0 Å². The van der Waals surface area contributed by atoms with Gasteiger partial charge in [-0.1, -0.05) is 104 Å². The number of benzene rings is 2. The van der Waals surface area contributed by atoms with Crippen molar-refractivity contribution in [2.24, 2.45) is 5.73 Å². The van der Waals surface area contributed by atoms with Crippen molar-refractivity contribution >= 4 is 6.08 Å². The molecule has 0 saturated carbocycles. The van der Waals surface area contributed by atoms with Crippen molar-refractivity contribution in [1.82, 2.24) is 5.32 Å². The number of hydrogen-bond acceptors (Lipinski definition) is 3. The summed E-state index contributed by atoms with van der Waals surface area (Å²) in [5.41, 5.74) is 13.4. The van der Waals surface area contributed by atoms with E-state index in [1.54, 1.807) is 20.4 Å². The van der Waals surface area contributed by atoms with Crippen molar-refractivity contribution in [1.29, 1.82) is 0 Å². The number of hydrogen-bond donors (Lipinski definition) is 2. The van der Waals surface area contributed by atoms with Gasteiger partial charge in [-0.25, -0.2) is 0 Å². The summed E-state index contributed by atoms with van der Waals surface area (Å²) >= 11 is 0. The fourth-order valence-electron chi connectivity index (χ4n) is 3.30. The van der Waals surface area contributed by atoms with E-state index in [9.17, 15) is 0 Å². The third kappa shape index (κ3) is 18.2. The van der Waals surface area contributed by atoms with Gasteiger partial charge in [-0.15, -0.1) is 0 Å². The largest absolute Gasteiger partial charge is 0.405 e. The van der Waals surface area contributed by atoms with Crippen LogP contribution in [0, 0.1) is 13.8 Å². The molecule has 0 radical (unpaired) electrons. The van der Waals surface area contributed by atoms with Crippen LogP contribution in [0.25, 0.3) is 17.2 Å². The molecule has 0 heterocycles. The van der Waals surface area contributed by atoms with E-state index in [-0.39, 0.29) is 0 Å². The van der Waals surface area contributed by atoms with Gasteiger partial charge in [-0.3, -0.25) is 0 Å². The highest BCUT2D eigenvalue weighted by atomic mass is 16.4. The third-order valence-corrected chi connectivity index (χ3v) is 4.82. The van der Waals surface area contributed by atoms with E-state index in [2.05, 4.69) is 102 Å². The van der Waals surface area contributed by atoms with Gasteiger partial charge in [0.15, 0.2) is 0 Å². The zero-order valence-electron chi connectivity index (χ0n) is 25.9. The zero-order valence-corrected chi connectivity index (χ0v) is 25.9. The Labute approximate surface area is 225 Å². The third-order valence-electron chi connectivity index (χ3n) is 4.82. The molecule has 0 amide bonds. The predicted molar refractivity (Wildman–Crippen MR) is 167 cm³/mol. The smallest absolute Gasteiger partial charge is 0.0351 e. The minimum Gasteiger partial charge on any atom is -0.405 e. The van der Waals surface area contributed by atoms with Gasteiger partial charge in [-0.05, 0) is 78.9 Å². The first-order valence-electron chi connectivity index (χ1n) is 14.0. The number of methoxy groups -OCH3 is 1. The van der Waals surface area contributed by atoms with E-state index in [1.165, 1.54) is 65.5 Å². The molecule has 0 saturated heterocycles. The topological polar surface area (TPSA) is 47.3 Å². The molecule has 3 N–H and O–H groups in total. The SMILES string of the molecule is CC.CCC.CCC.CCCCC(C)NCc1cc(-c2ccccc2C)cc(C)c1/C=C\N.COC. The Morgan fingerprint density at radius 2 is 1.44 bits per heavy atom. The molecule has 0 bridgehead atoms. The van der Waals surface area contributed by atoms with Crippen LogP contribution in [-0.2, 0) is 11.3 Å². The summed E-state index contributed by atoms with van der Waals surface area (Å²) in [6, 6.07) is 13.7. The Kier molecular flexibility index (Phi) is 29.3. The Balaban J connectivity index is -0.000000850. The van der Waals surface area contributed by atoms with Gasteiger partial charge in [0, 0.05) is 26.8 Å². The van der Waals surface area contributed by atoms with Crippen molar-refractivity contribution in [3.63, 3.8) is 0 Å². The highest BCUT2D eigenvalue weighted by Gasteiger charge is 2.10. The average molecular weight is 501 g/mol. The fourth-order valence-corrected chi connectivity index (χ4v) is 3.30. The van der Waals surface area contributed by atoms with Gasteiger partial charge in [0.2, 0.25) is 0 Å². The van der Waals surface area contributed by atoms with Crippen molar-refractivity contribution in [3.8, 4) is 11.1 Å². The molecule has 208 valence electrons. The lowest BCUT2D eigenvalue weighted by molar-refractivity contribution is 0.277. The van der Waals surface area contributed by atoms with Gasteiger partial charge >= 0.3 is 0 Å². The molecule has 2 rings (SSSR count). The maximum absolute atomic E-state index is 5.69. The molecule has 3 heteroatoms. The number of nitrogens with two attached hydrogens (primary N) is 1. The van der Waals surface area contributed by atoms with Gasteiger partial charge in [0.05, 0.1) is 0 Å². The van der Waals surface area contributed by atoms with Crippen molar-refractivity contribution < 1.29 is 4.74 Å². The van der Waals surface area contributed by atoms with Gasteiger partial charge in [0.1, 0.15) is 0 Å². The molecular formula is C33H60N2O. The summed E-state index contributed by atoms with van der Waals surface area (Å²) in [4.78, 5) is 0. The summed E-state index contributed by atoms with van der Waals surface area (Å²) in [6.45, 7) is 22.2. The zero-order chi connectivity index (χ0) is 28.4. The second-order valence-corrected chi connectivity index (χ2v) is 8.79. The monoisotopic (exact) mass is 500 g/mol. The van der Waals surface area contributed by atoms with Crippen molar-refractivity contribution in [3.05, 3.63) is 64.9 Å². The van der Waals surface area contributed by atoms with Crippen LogP contribution in [0.15, 0.2) is 42.6 Å². The van der Waals surface area contributed by atoms with Crippen molar-refractivity contribution in [2.45, 2.75) is 114 Å². The number of rotatable bonds is 8. The molecule has 2 aromatic carbocycles. The summed E-state index contributed by atoms with van der Waals surface area (Å²) < 4.78 is 4.25. The van der Waals surface area contributed by atoms with E-state index in [0.717, 1.165) is 6.54 Å². The van der Waals surface area contributed by atoms with Gasteiger partial charge in [-0.2, -0.15) is 0 Å². The maximum Gasteiger partial charge on any atom is 0.0351 e. The van der Waals surface area contributed by atoms with Crippen LogP contribution in [0.1, 0.15) is 110 Å². The first kappa shape index (κ1) is 38.4. The highest BCUT2D eigenvalue weighted by molar-refractivity contribution is 5.72. The normalized spacial score (nSPS) is 10.4. The molecule has 36 heavy (non-hydrogen) atoms. The molecule has 1 unspecified atom stereocenters. The first-order chi connectivity index (χ1) is 17.3. The first-order valence-corrected chi connectivity index (χ1v) is 14.0. The number of aryl methyl sites for hydroxylation is 2. The van der Waals surface area contributed by atoms with Crippen LogP contribution in [-0.4, -0.2) is 20.3 Å². The standard InChI is InChI=1S/C23H32N2.2C3H8.C2H6O.C2H6/c1-5-6-10-19(4)25-16-21-15-20(14-18(3)23(21)12-13-24)22-11-8-7-9-17(22)2;3*1-3-2;1-2/h7-9,11-15,19,25H,5-6,10,16,24H2,1-4H3;2*3H2,1-2H3;1-2H3;1-2H3/b13-12-;;;;. The minimum absolute atomic E-state index is 0.525. The molecule has 0 fully saturated rings. The maximum atomic E-state index is 5.69. The van der Waals surface area contributed by atoms with Gasteiger partial charge < -0.3 is 15.8 Å². The van der Waals surface area contributed by atoms with Crippen LogP contribution in [0.3, 0.4) is 0 Å². The highest BCUT2D eigenvalue weighted by Crippen LogP contribution is 2.28. The quantitative estimate of drug-likeness (QED) is 0.379. The Bertz CT molecular complexity index is 764. The van der Waals surface area contributed by atoms with Crippen molar-refractivity contribution in [2.75, 3.05) is 14.2 Å². The molecule has 0 spiro atoms. The summed E-state index contributed by atoms with van der Waals surface area (Å²) in [5, 5.41) is 3.68. The Morgan fingerprint density at radius 3 is 1.92 bits per heavy atom. The van der Waals surface area contributed by atoms with Crippen LogP contribution in [0.2, 0.25) is 0 Å². The molecule has 1 atom stereocenters. The van der Waals surface area contributed by atoms with E-state index in [0.29, 0.717) is 6.04 Å². The summed E-state index contributed by atoms with van der Waals surface area (Å²) in [5.74, 6) is 0. The lowest BCUT2D eigenvalue weighted by Crippen LogP contribution is -2.25. The molecular weight excluding hydrogens is 440 g/mol.